The molecule has 0 aliphatic heterocycles. The minimum atomic E-state index is -2.35. The van der Waals surface area contributed by atoms with E-state index in [1.807, 2.05) is 0 Å². The van der Waals surface area contributed by atoms with Crippen LogP contribution in [0.25, 0.3) is 0 Å². The van der Waals surface area contributed by atoms with E-state index in [-0.39, 0.29) is 0 Å². The van der Waals surface area contributed by atoms with E-state index >= 15 is 0 Å². The predicted molar refractivity (Wildman–Crippen MR) is 72.2 cm³/mol. The van der Waals surface area contributed by atoms with Crippen molar-refractivity contribution in [1.29, 1.82) is 0 Å². The quantitative estimate of drug-likeness (QED) is 0.442. The van der Waals surface area contributed by atoms with E-state index in [2.05, 4.69) is 24.3 Å². The maximum atomic E-state index is 5.36. The summed E-state index contributed by atoms with van der Waals surface area (Å²) in [5, 5.41) is 3.41. The molecule has 0 saturated heterocycles. The van der Waals surface area contributed by atoms with Gasteiger partial charge in [-0.3, -0.25) is 0 Å². The van der Waals surface area contributed by atoms with Crippen LogP contribution < -0.4 is 5.32 Å². The molecule has 0 aliphatic carbocycles. The number of nitrogens with one attached hydrogen (secondary N) is 1. The van der Waals surface area contributed by atoms with Crippen molar-refractivity contribution in [2.75, 3.05) is 55.1 Å². The van der Waals surface area contributed by atoms with Crippen molar-refractivity contribution < 1.29 is 13.3 Å². The van der Waals surface area contributed by atoms with Gasteiger partial charge in [0, 0.05) is 27.4 Å². The van der Waals surface area contributed by atoms with Gasteiger partial charge in [-0.25, -0.2) is 0 Å². The topological polar surface area (TPSA) is 43.0 Å². The van der Waals surface area contributed by atoms with Gasteiger partial charge in [-0.2, -0.15) is 0 Å². The molecule has 0 radical (unpaired) electrons. The van der Waals surface area contributed by atoms with Crippen LogP contribution in [0.4, 0.5) is 0 Å². The van der Waals surface area contributed by atoms with Crippen LogP contribution in [0, 0.1) is 0 Å². The van der Waals surface area contributed by atoms with E-state index in [4.69, 9.17) is 13.3 Å². The molecule has 0 aromatic rings. The standard InChI is InChI=1S/C11H28N2O3Si/c1-13(2)10-6-8-12-9-7-11-17(14-3,15-4)16-5/h12H,6-11H2,1-5H3. The van der Waals surface area contributed by atoms with E-state index in [1.165, 1.54) is 6.42 Å². The molecule has 104 valence electrons. The van der Waals surface area contributed by atoms with Gasteiger partial charge in [0.25, 0.3) is 0 Å². The average molecular weight is 264 g/mol. The molecule has 0 saturated carbocycles. The highest BCUT2D eigenvalue weighted by Gasteiger charge is 2.36. The molecule has 0 amide bonds. The lowest BCUT2D eigenvalue weighted by Gasteiger charge is -2.24. The van der Waals surface area contributed by atoms with Crippen LogP contribution in [0.2, 0.25) is 6.04 Å². The molecule has 0 rings (SSSR count). The van der Waals surface area contributed by atoms with E-state index in [0.29, 0.717) is 0 Å². The third kappa shape index (κ3) is 7.85. The fourth-order valence-corrected chi connectivity index (χ4v) is 3.35. The highest BCUT2D eigenvalue weighted by Crippen LogP contribution is 2.14. The van der Waals surface area contributed by atoms with Gasteiger partial charge in [0.15, 0.2) is 0 Å². The summed E-state index contributed by atoms with van der Waals surface area (Å²) in [6.45, 7) is 3.16. The van der Waals surface area contributed by atoms with E-state index in [9.17, 15) is 0 Å². The molecule has 17 heavy (non-hydrogen) atoms. The average Bonchev–Trinajstić information content (AvgIpc) is 2.33. The second kappa shape index (κ2) is 9.99. The van der Waals surface area contributed by atoms with Crippen molar-refractivity contribution >= 4 is 8.80 Å². The first kappa shape index (κ1) is 17.0. The van der Waals surface area contributed by atoms with Gasteiger partial charge in [0.05, 0.1) is 0 Å². The summed E-state index contributed by atoms with van der Waals surface area (Å²) in [5.74, 6) is 0. The smallest absolute Gasteiger partial charge is 0.377 e. The van der Waals surface area contributed by atoms with Gasteiger partial charge in [-0.1, -0.05) is 0 Å². The number of hydrogen-bond donors (Lipinski definition) is 1. The summed E-state index contributed by atoms with van der Waals surface area (Å²) in [6, 6.07) is 0.858. The van der Waals surface area contributed by atoms with Crippen LogP contribution in [0.3, 0.4) is 0 Å². The Morgan fingerprint density at radius 1 is 0.941 bits per heavy atom. The number of nitrogens with zero attached hydrogens (tertiary/aromatic N) is 1. The van der Waals surface area contributed by atoms with Gasteiger partial charge in [-0.05, 0) is 46.6 Å². The fraction of sp³-hybridized carbons (Fsp3) is 1.00. The maximum Gasteiger partial charge on any atom is 0.500 e. The molecule has 0 aliphatic rings. The molecule has 0 heterocycles. The lowest BCUT2D eigenvalue weighted by Crippen LogP contribution is -2.43. The van der Waals surface area contributed by atoms with Gasteiger partial charge >= 0.3 is 8.80 Å². The first-order valence-corrected chi connectivity index (χ1v) is 8.04. The van der Waals surface area contributed by atoms with E-state index < -0.39 is 8.80 Å². The largest absolute Gasteiger partial charge is 0.500 e. The molecular weight excluding hydrogens is 236 g/mol. The van der Waals surface area contributed by atoms with E-state index in [0.717, 1.165) is 32.1 Å². The normalized spacial score (nSPS) is 12.4. The lowest BCUT2D eigenvalue weighted by atomic mass is 10.4. The summed E-state index contributed by atoms with van der Waals surface area (Å²) in [7, 11) is 6.80. The molecule has 0 atom stereocenters. The molecule has 1 N–H and O–H groups in total. The van der Waals surface area contributed by atoms with Gasteiger partial charge in [-0.15, -0.1) is 0 Å². The zero-order valence-corrected chi connectivity index (χ0v) is 12.9. The Kier molecular flexibility index (Phi) is 10.00. The highest BCUT2D eigenvalue weighted by atomic mass is 28.4. The first-order chi connectivity index (χ1) is 8.10. The second-order valence-electron chi connectivity index (χ2n) is 4.31. The Morgan fingerprint density at radius 2 is 1.47 bits per heavy atom. The monoisotopic (exact) mass is 264 g/mol. The maximum absolute atomic E-state index is 5.36. The van der Waals surface area contributed by atoms with Crippen LogP contribution in [0.15, 0.2) is 0 Å². The Hall–Kier alpha value is 0.0169. The number of hydrogen-bond acceptors (Lipinski definition) is 5. The Morgan fingerprint density at radius 3 is 1.94 bits per heavy atom. The zero-order chi connectivity index (χ0) is 13.1. The summed E-state index contributed by atoms with van der Waals surface area (Å²) in [4.78, 5) is 2.19. The van der Waals surface area contributed by atoms with Crippen molar-refractivity contribution in [2.45, 2.75) is 18.9 Å². The SMILES string of the molecule is CO[Si](CCCNCCCN(C)C)(OC)OC. The molecule has 0 unspecified atom stereocenters. The summed E-state index contributed by atoms with van der Waals surface area (Å²) < 4.78 is 16.1. The van der Waals surface area contributed by atoms with Crippen LogP contribution >= 0.6 is 0 Å². The zero-order valence-electron chi connectivity index (χ0n) is 11.9. The van der Waals surface area contributed by atoms with Crippen LogP contribution in [-0.2, 0) is 13.3 Å². The van der Waals surface area contributed by atoms with Crippen molar-refractivity contribution in [2.24, 2.45) is 0 Å². The van der Waals surface area contributed by atoms with Crippen molar-refractivity contribution in [3.63, 3.8) is 0 Å². The molecular formula is C11H28N2O3Si. The minimum Gasteiger partial charge on any atom is -0.377 e. The number of rotatable bonds is 11. The summed E-state index contributed by atoms with van der Waals surface area (Å²) in [6.07, 6.45) is 2.19. The highest BCUT2D eigenvalue weighted by molar-refractivity contribution is 6.60. The van der Waals surface area contributed by atoms with Crippen molar-refractivity contribution in [3.8, 4) is 0 Å². The molecule has 0 aromatic heterocycles. The third-order valence-corrected chi connectivity index (χ3v) is 5.56. The second-order valence-corrected chi connectivity index (χ2v) is 7.40. The molecule has 0 spiro atoms. The van der Waals surface area contributed by atoms with E-state index in [1.54, 1.807) is 21.3 Å². The summed E-state index contributed by atoms with van der Waals surface area (Å²) >= 11 is 0. The van der Waals surface area contributed by atoms with Crippen LogP contribution in [0.5, 0.6) is 0 Å². The van der Waals surface area contributed by atoms with Gasteiger partial charge in [0.2, 0.25) is 0 Å². The first-order valence-electron chi connectivity index (χ1n) is 6.11. The summed E-state index contributed by atoms with van der Waals surface area (Å²) in [5.41, 5.74) is 0. The Balaban J connectivity index is 3.49. The Labute approximate surface area is 107 Å². The van der Waals surface area contributed by atoms with Crippen LogP contribution in [0.1, 0.15) is 12.8 Å². The third-order valence-electron chi connectivity index (χ3n) is 2.73. The van der Waals surface area contributed by atoms with Crippen LogP contribution in [-0.4, -0.2) is 68.8 Å². The van der Waals surface area contributed by atoms with Gasteiger partial charge < -0.3 is 23.5 Å². The van der Waals surface area contributed by atoms with Crippen molar-refractivity contribution in [1.82, 2.24) is 10.2 Å². The fourth-order valence-electron chi connectivity index (χ4n) is 1.63. The molecule has 6 heteroatoms. The Bertz CT molecular complexity index is 170. The molecule has 0 fully saturated rings. The lowest BCUT2D eigenvalue weighted by molar-refractivity contribution is 0.123. The molecule has 0 bridgehead atoms. The van der Waals surface area contributed by atoms with Gasteiger partial charge in [0.1, 0.15) is 0 Å². The molecule has 0 aromatic carbocycles. The minimum absolute atomic E-state index is 0.858. The van der Waals surface area contributed by atoms with Crippen molar-refractivity contribution in [3.05, 3.63) is 0 Å². The molecule has 5 nitrogen and oxygen atoms in total. The predicted octanol–water partition coefficient (Wildman–Crippen LogP) is 0.796.